The highest BCUT2D eigenvalue weighted by molar-refractivity contribution is 6.34. The van der Waals surface area contributed by atoms with E-state index in [9.17, 15) is 0 Å². The van der Waals surface area contributed by atoms with Crippen LogP contribution in [0.25, 0.3) is 5.70 Å². The molecule has 0 atom stereocenters. The number of hydrogen-bond donors (Lipinski definition) is 1. The molecular formula is C9H6Cl2N2. The maximum Gasteiger partial charge on any atom is 0.0933 e. The molecule has 0 radical (unpaired) electrons. The van der Waals surface area contributed by atoms with E-state index >= 15 is 0 Å². The van der Waals surface area contributed by atoms with Crippen LogP contribution >= 0.6 is 23.2 Å². The number of halogens is 2. The Morgan fingerprint density at radius 3 is 2.77 bits per heavy atom. The molecule has 0 aliphatic rings. The minimum absolute atomic E-state index is 0.315. The summed E-state index contributed by atoms with van der Waals surface area (Å²) in [5, 5.41) is 9.39. The van der Waals surface area contributed by atoms with Crippen LogP contribution in [0.4, 0.5) is 0 Å². The van der Waals surface area contributed by atoms with Crippen molar-refractivity contribution in [2.75, 3.05) is 0 Å². The van der Waals surface area contributed by atoms with Crippen LogP contribution in [0, 0.1) is 11.3 Å². The fourth-order valence-corrected chi connectivity index (χ4v) is 1.26. The summed E-state index contributed by atoms with van der Waals surface area (Å²) >= 11 is 11.6. The van der Waals surface area contributed by atoms with Crippen molar-refractivity contribution >= 4 is 28.9 Å². The summed E-state index contributed by atoms with van der Waals surface area (Å²) in [7, 11) is 0. The smallest absolute Gasteiger partial charge is 0.0933 e. The molecule has 1 rings (SSSR count). The van der Waals surface area contributed by atoms with Crippen LogP contribution in [0.1, 0.15) is 5.56 Å². The van der Waals surface area contributed by atoms with Gasteiger partial charge in [0.2, 0.25) is 0 Å². The van der Waals surface area contributed by atoms with Crippen LogP contribution in [0.2, 0.25) is 10.0 Å². The summed E-state index contributed by atoms with van der Waals surface area (Å²) in [6.45, 7) is 0. The van der Waals surface area contributed by atoms with Crippen LogP contribution in [-0.2, 0) is 0 Å². The largest absolute Gasteiger partial charge is 0.398 e. The number of nitrogens with zero attached hydrogens (tertiary/aromatic N) is 1. The lowest BCUT2D eigenvalue weighted by Crippen LogP contribution is -1.96. The Balaban J connectivity index is 3.22. The van der Waals surface area contributed by atoms with Crippen LogP contribution < -0.4 is 5.73 Å². The quantitative estimate of drug-likeness (QED) is 0.729. The van der Waals surface area contributed by atoms with E-state index in [1.807, 2.05) is 6.07 Å². The highest BCUT2D eigenvalue weighted by Crippen LogP contribution is 2.24. The van der Waals surface area contributed by atoms with Gasteiger partial charge in [-0.1, -0.05) is 23.2 Å². The molecule has 0 aliphatic heterocycles. The molecule has 0 saturated heterocycles. The monoisotopic (exact) mass is 212 g/mol. The van der Waals surface area contributed by atoms with Gasteiger partial charge in [0.25, 0.3) is 0 Å². The number of nitrogens with two attached hydrogens (primary N) is 1. The first-order valence-electron chi connectivity index (χ1n) is 3.46. The van der Waals surface area contributed by atoms with Crippen molar-refractivity contribution in [1.29, 1.82) is 5.26 Å². The number of allylic oxidation sites excluding steroid dienone is 1. The van der Waals surface area contributed by atoms with Gasteiger partial charge in [-0.15, -0.1) is 0 Å². The Hall–Kier alpha value is -1.17. The lowest BCUT2D eigenvalue weighted by Gasteiger charge is -2.03. The standard InChI is InChI=1S/C9H6Cl2N2/c10-6-1-2-8(11)7(5-6)9(13)3-4-12/h1-3,5H,13H2. The second-order valence-corrected chi connectivity index (χ2v) is 3.20. The lowest BCUT2D eigenvalue weighted by molar-refractivity contribution is 1.49. The van der Waals surface area contributed by atoms with Gasteiger partial charge in [0.15, 0.2) is 0 Å². The van der Waals surface area contributed by atoms with Crippen molar-refractivity contribution in [1.82, 2.24) is 0 Å². The molecular weight excluding hydrogens is 207 g/mol. The molecule has 1 aromatic carbocycles. The molecule has 66 valence electrons. The summed E-state index contributed by atoms with van der Waals surface area (Å²) in [5.74, 6) is 0. The van der Waals surface area contributed by atoms with Crippen molar-refractivity contribution < 1.29 is 0 Å². The van der Waals surface area contributed by atoms with Crippen LogP contribution in [0.15, 0.2) is 24.3 Å². The van der Waals surface area contributed by atoms with Crippen molar-refractivity contribution in [3.63, 3.8) is 0 Å². The van der Waals surface area contributed by atoms with E-state index in [4.69, 9.17) is 34.2 Å². The van der Waals surface area contributed by atoms with E-state index in [1.165, 1.54) is 6.08 Å². The normalized spacial score (nSPS) is 11.0. The summed E-state index contributed by atoms with van der Waals surface area (Å²) in [5.41, 5.74) is 6.46. The fourth-order valence-electron chi connectivity index (χ4n) is 0.866. The Labute approximate surface area is 86.2 Å². The summed E-state index contributed by atoms with van der Waals surface area (Å²) in [4.78, 5) is 0. The van der Waals surface area contributed by atoms with Crippen LogP contribution in [-0.4, -0.2) is 0 Å². The topological polar surface area (TPSA) is 49.8 Å². The zero-order chi connectivity index (χ0) is 9.84. The molecule has 2 N–H and O–H groups in total. The fraction of sp³-hybridized carbons (Fsp3) is 0. The van der Waals surface area contributed by atoms with Gasteiger partial charge in [0.1, 0.15) is 0 Å². The molecule has 0 unspecified atom stereocenters. The van der Waals surface area contributed by atoms with Crippen LogP contribution in [0.3, 0.4) is 0 Å². The predicted octanol–water partition coefficient (Wildman–Crippen LogP) is 2.82. The van der Waals surface area contributed by atoms with Crippen LogP contribution in [0.5, 0.6) is 0 Å². The molecule has 13 heavy (non-hydrogen) atoms. The van der Waals surface area contributed by atoms with E-state index in [1.54, 1.807) is 18.2 Å². The first kappa shape index (κ1) is 9.91. The first-order chi connectivity index (χ1) is 6.15. The Morgan fingerprint density at radius 2 is 2.15 bits per heavy atom. The molecule has 0 saturated carbocycles. The van der Waals surface area contributed by atoms with Gasteiger partial charge in [-0.25, -0.2) is 0 Å². The van der Waals surface area contributed by atoms with E-state index in [0.29, 0.717) is 21.3 Å². The van der Waals surface area contributed by atoms with Crippen molar-refractivity contribution in [2.24, 2.45) is 5.73 Å². The molecule has 0 heterocycles. The molecule has 1 aromatic rings. The van der Waals surface area contributed by atoms with Gasteiger partial charge in [0, 0.05) is 21.7 Å². The highest BCUT2D eigenvalue weighted by atomic mass is 35.5. The second kappa shape index (κ2) is 4.18. The molecule has 0 bridgehead atoms. The van der Waals surface area contributed by atoms with E-state index < -0.39 is 0 Å². The second-order valence-electron chi connectivity index (χ2n) is 2.35. The van der Waals surface area contributed by atoms with Gasteiger partial charge >= 0.3 is 0 Å². The van der Waals surface area contributed by atoms with Gasteiger partial charge in [-0.05, 0) is 18.2 Å². The van der Waals surface area contributed by atoms with Gasteiger partial charge in [-0.3, -0.25) is 0 Å². The average Bonchev–Trinajstić information content (AvgIpc) is 2.09. The Morgan fingerprint density at radius 1 is 1.46 bits per heavy atom. The third-order valence-electron chi connectivity index (χ3n) is 1.46. The van der Waals surface area contributed by atoms with Crippen molar-refractivity contribution in [3.8, 4) is 6.07 Å². The number of hydrogen-bond acceptors (Lipinski definition) is 2. The minimum atomic E-state index is 0.315. The van der Waals surface area contributed by atoms with Gasteiger partial charge in [0.05, 0.1) is 11.8 Å². The molecule has 0 aliphatic carbocycles. The zero-order valence-corrected chi connectivity index (χ0v) is 8.10. The molecule has 0 amide bonds. The van der Waals surface area contributed by atoms with Gasteiger partial charge < -0.3 is 5.73 Å². The Kier molecular flexibility index (Phi) is 3.18. The maximum atomic E-state index is 8.38. The maximum absolute atomic E-state index is 8.38. The van der Waals surface area contributed by atoms with Crippen molar-refractivity contribution in [2.45, 2.75) is 0 Å². The third-order valence-corrected chi connectivity index (χ3v) is 2.02. The van der Waals surface area contributed by atoms with E-state index in [-0.39, 0.29) is 0 Å². The first-order valence-corrected chi connectivity index (χ1v) is 4.21. The van der Waals surface area contributed by atoms with E-state index in [0.717, 1.165) is 0 Å². The lowest BCUT2D eigenvalue weighted by atomic mass is 10.1. The third kappa shape index (κ3) is 2.38. The number of nitriles is 1. The summed E-state index contributed by atoms with van der Waals surface area (Å²) in [6, 6.07) is 6.74. The van der Waals surface area contributed by atoms with Gasteiger partial charge in [-0.2, -0.15) is 5.26 Å². The minimum Gasteiger partial charge on any atom is -0.398 e. The zero-order valence-electron chi connectivity index (χ0n) is 6.59. The average molecular weight is 213 g/mol. The number of benzene rings is 1. The molecule has 0 spiro atoms. The SMILES string of the molecule is N#CC=C(N)c1cc(Cl)ccc1Cl. The van der Waals surface area contributed by atoms with Crippen molar-refractivity contribution in [3.05, 3.63) is 39.9 Å². The highest BCUT2D eigenvalue weighted by Gasteiger charge is 2.03. The molecule has 2 nitrogen and oxygen atoms in total. The summed E-state index contributed by atoms with van der Waals surface area (Å²) in [6.07, 6.45) is 1.22. The van der Waals surface area contributed by atoms with E-state index in [2.05, 4.69) is 0 Å². The summed E-state index contributed by atoms with van der Waals surface area (Å²) < 4.78 is 0. The molecule has 0 fully saturated rings. The molecule has 4 heteroatoms. The Bertz CT molecular complexity index is 391. The molecule has 0 aromatic heterocycles. The predicted molar refractivity (Wildman–Crippen MR) is 54.2 cm³/mol. The number of rotatable bonds is 1.